The molecule has 0 aliphatic heterocycles. The topological polar surface area (TPSA) is 47.8 Å². The lowest BCUT2D eigenvalue weighted by Crippen LogP contribution is -2.14. The Bertz CT molecular complexity index is 909. The van der Waals surface area contributed by atoms with Crippen LogP contribution in [0.3, 0.4) is 0 Å². The van der Waals surface area contributed by atoms with Crippen LogP contribution in [0.15, 0.2) is 53.7 Å². The molecule has 25 heavy (non-hydrogen) atoms. The van der Waals surface area contributed by atoms with Gasteiger partial charge in [0.15, 0.2) is 16.8 Å². The minimum Gasteiger partial charge on any atom is -0.305 e. The van der Waals surface area contributed by atoms with E-state index in [1.807, 2.05) is 42.8 Å². The number of carbonyl (C=O) groups is 1. The maximum atomic E-state index is 12.6. The quantitative estimate of drug-likeness (QED) is 0.445. The first-order valence-electron chi connectivity index (χ1n) is 7.57. The summed E-state index contributed by atoms with van der Waals surface area (Å²) in [5, 5.41) is 10.0. The van der Waals surface area contributed by atoms with E-state index in [-0.39, 0.29) is 11.0 Å². The van der Waals surface area contributed by atoms with Gasteiger partial charge in [-0.25, -0.2) is 0 Å². The summed E-state index contributed by atoms with van der Waals surface area (Å²) < 4.78 is 1.87. The highest BCUT2D eigenvalue weighted by molar-refractivity contribution is 8.00. The first-order chi connectivity index (χ1) is 12.0. The second-order valence-electron chi connectivity index (χ2n) is 5.51. The molecule has 0 amide bonds. The minimum atomic E-state index is -0.306. The lowest BCUT2D eigenvalue weighted by Gasteiger charge is -2.10. The molecule has 0 saturated carbocycles. The minimum absolute atomic E-state index is 0.00328. The Morgan fingerprint density at radius 3 is 2.48 bits per heavy atom. The van der Waals surface area contributed by atoms with Gasteiger partial charge in [-0.1, -0.05) is 47.1 Å². The summed E-state index contributed by atoms with van der Waals surface area (Å²) in [5.41, 5.74) is 1.51. The van der Waals surface area contributed by atoms with Crippen LogP contribution in [0.2, 0.25) is 10.0 Å². The number of nitrogens with zero attached hydrogens (tertiary/aromatic N) is 3. The smallest absolute Gasteiger partial charge is 0.191 e. The second kappa shape index (κ2) is 7.60. The predicted molar refractivity (Wildman–Crippen MR) is 103 cm³/mol. The number of Topliss-reactive ketones (excluding diaryl/α,β-unsaturated/α-hetero) is 1. The van der Waals surface area contributed by atoms with Gasteiger partial charge in [0.25, 0.3) is 0 Å². The van der Waals surface area contributed by atoms with Crippen molar-refractivity contribution in [1.29, 1.82) is 0 Å². The molecule has 1 heterocycles. The molecule has 3 rings (SSSR count). The van der Waals surface area contributed by atoms with Crippen molar-refractivity contribution in [2.75, 3.05) is 0 Å². The molecule has 1 atom stereocenters. The van der Waals surface area contributed by atoms with E-state index >= 15 is 0 Å². The highest BCUT2D eigenvalue weighted by atomic mass is 35.5. The average Bonchev–Trinajstić information content (AvgIpc) is 2.95. The molecule has 0 aliphatic carbocycles. The van der Waals surface area contributed by atoms with Gasteiger partial charge >= 0.3 is 0 Å². The Hall–Kier alpha value is -1.82. The van der Waals surface area contributed by atoms with Gasteiger partial charge in [-0.3, -0.25) is 4.79 Å². The summed E-state index contributed by atoms with van der Waals surface area (Å²) in [7, 11) is 1.88. The van der Waals surface area contributed by atoms with Crippen molar-refractivity contribution in [2.24, 2.45) is 7.05 Å². The van der Waals surface area contributed by atoms with Crippen molar-refractivity contribution in [1.82, 2.24) is 14.8 Å². The number of halogens is 2. The molecule has 0 saturated heterocycles. The van der Waals surface area contributed by atoms with E-state index in [1.54, 1.807) is 24.3 Å². The molecule has 7 heteroatoms. The van der Waals surface area contributed by atoms with E-state index in [2.05, 4.69) is 10.2 Å². The van der Waals surface area contributed by atoms with E-state index in [0.29, 0.717) is 20.8 Å². The molecule has 128 valence electrons. The SMILES string of the molecule is C[C@H](Sc1nnc(-c2ccc(Cl)cc2)n1C)C(=O)c1cccc(Cl)c1. The molecule has 0 unspecified atom stereocenters. The lowest BCUT2D eigenvalue weighted by molar-refractivity contribution is 0.0994. The Balaban J connectivity index is 1.79. The maximum Gasteiger partial charge on any atom is 0.191 e. The van der Waals surface area contributed by atoms with Gasteiger partial charge in [0, 0.05) is 28.2 Å². The largest absolute Gasteiger partial charge is 0.305 e. The summed E-state index contributed by atoms with van der Waals surface area (Å²) in [6.45, 7) is 1.85. The molecular weight excluding hydrogens is 377 g/mol. The third-order valence-electron chi connectivity index (χ3n) is 3.70. The van der Waals surface area contributed by atoms with Gasteiger partial charge < -0.3 is 4.57 Å². The van der Waals surface area contributed by atoms with E-state index in [0.717, 1.165) is 11.4 Å². The van der Waals surface area contributed by atoms with E-state index in [4.69, 9.17) is 23.2 Å². The first kappa shape index (κ1) is 18.0. The lowest BCUT2D eigenvalue weighted by atomic mass is 10.1. The number of thioether (sulfide) groups is 1. The third-order valence-corrected chi connectivity index (χ3v) is 5.32. The van der Waals surface area contributed by atoms with Crippen LogP contribution in [0.1, 0.15) is 17.3 Å². The normalized spacial score (nSPS) is 12.2. The summed E-state index contributed by atoms with van der Waals surface area (Å²) in [6, 6.07) is 14.4. The average molecular weight is 392 g/mol. The Labute approximate surface area is 160 Å². The van der Waals surface area contributed by atoms with Crippen LogP contribution in [-0.4, -0.2) is 25.8 Å². The Morgan fingerprint density at radius 2 is 1.80 bits per heavy atom. The summed E-state index contributed by atoms with van der Waals surface area (Å²) in [4.78, 5) is 12.6. The zero-order chi connectivity index (χ0) is 18.0. The van der Waals surface area contributed by atoms with Crippen molar-refractivity contribution in [3.8, 4) is 11.4 Å². The van der Waals surface area contributed by atoms with Crippen molar-refractivity contribution in [2.45, 2.75) is 17.3 Å². The number of rotatable bonds is 5. The van der Waals surface area contributed by atoms with Gasteiger partial charge in [0.2, 0.25) is 0 Å². The molecule has 2 aromatic carbocycles. The van der Waals surface area contributed by atoms with Gasteiger partial charge in [-0.2, -0.15) is 0 Å². The van der Waals surface area contributed by atoms with Crippen molar-refractivity contribution >= 4 is 40.7 Å². The summed E-state index contributed by atoms with van der Waals surface area (Å²) >= 11 is 13.3. The number of aromatic nitrogens is 3. The Kier molecular flexibility index (Phi) is 5.47. The van der Waals surface area contributed by atoms with Crippen LogP contribution in [0.25, 0.3) is 11.4 Å². The standard InChI is InChI=1S/C18H15Cl2N3OS/c1-11(16(24)13-4-3-5-15(20)10-13)25-18-22-21-17(23(18)2)12-6-8-14(19)9-7-12/h3-11H,1-2H3/t11-/m0/s1. The molecule has 0 radical (unpaired) electrons. The fraction of sp³-hybridized carbons (Fsp3) is 0.167. The van der Waals surface area contributed by atoms with Crippen LogP contribution in [0.5, 0.6) is 0 Å². The van der Waals surface area contributed by atoms with Crippen molar-refractivity contribution < 1.29 is 4.79 Å². The number of hydrogen-bond donors (Lipinski definition) is 0. The van der Waals surface area contributed by atoms with Gasteiger partial charge in [0.05, 0.1) is 5.25 Å². The maximum absolute atomic E-state index is 12.6. The predicted octanol–water partition coefficient (Wildman–Crippen LogP) is 5.15. The number of ketones is 1. The molecule has 0 spiro atoms. The second-order valence-corrected chi connectivity index (χ2v) is 7.69. The van der Waals surface area contributed by atoms with Gasteiger partial charge in [-0.05, 0) is 43.3 Å². The Morgan fingerprint density at radius 1 is 1.08 bits per heavy atom. The van der Waals surface area contributed by atoms with Crippen LogP contribution >= 0.6 is 35.0 Å². The molecule has 3 aromatic rings. The van der Waals surface area contributed by atoms with Crippen LogP contribution in [0.4, 0.5) is 0 Å². The number of hydrogen-bond acceptors (Lipinski definition) is 4. The number of carbonyl (C=O) groups excluding carboxylic acids is 1. The molecule has 4 nitrogen and oxygen atoms in total. The van der Waals surface area contributed by atoms with E-state index in [9.17, 15) is 4.79 Å². The van der Waals surface area contributed by atoms with Crippen molar-refractivity contribution in [3.63, 3.8) is 0 Å². The molecule has 1 aromatic heterocycles. The van der Waals surface area contributed by atoms with E-state index in [1.165, 1.54) is 11.8 Å². The van der Waals surface area contributed by atoms with Crippen LogP contribution in [0, 0.1) is 0 Å². The molecular formula is C18H15Cl2N3OS. The van der Waals surface area contributed by atoms with Gasteiger partial charge in [-0.15, -0.1) is 10.2 Å². The fourth-order valence-corrected chi connectivity index (χ4v) is 3.56. The molecule has 0 aliphatic rings. The number of benzene rings is 2. The van der Waals surface area contributed by atoms with Crippen LogP contribution < -0.4 is 0 Å². The van der Waals surface area contributed by atoms with Crippen molar-refractivity contribution in [3.05, 3.63) is 64.1 Å². The first-order valence-corrected chi connectivity index (χ1v) is 9.21. The molecule has 0 fully saturated rings. The highest BCUT2D eigenvalue weighted by Gasteiger charge is 2.20. The highest BCUT2D eigenvalue weighted by Crippen LogP contribution is 2.28. The third kappa shape index (κ3) is 4.06. The molecule has 0 N–H and O–H groups in total. The van der Waals surface area contributed by atoms with Gasteiger partial charge in [0.1, 0.15) is 0 Å². The summed E-state index contributed by atoms with van der Waals surface area (Å²) in [6.07, 6.45) is 0. The zero-order valence-electron chi connectivity index (χ0n) is 13.6. The zero-order valence-corrected chi connectivity index (χ0v) is 15.9. The fourth-order valence-electron chi connectivity index (χ4n) is 2.36. The molecule has 0 bridgehead atoms. The monoisotopic (exact) mass is 391 g/mol. The van der Waals surface area contributed by atoms with E-state index < -0.39 is 0 Å². The summed E-state index contributed by atoms with van der Waals surface area (Å²) in [5.74, 6) is 0.727. The van der Waals surface area contributed by atoms with Crippen LogP contribution in [-0.2, 0) is 7.05 Å².